The van der Waals surface area contributed by atoms with Crippen LogP contribution in [0.15, 0.2) is 42.5 Å². The number of aromatic nitrogens is 4. The zero-order chi connectivity index (χ0) is 23.6. The minimum absolute atomic E-state index is 0.198. The van der Waals surface area contributed by atoms with E-state index >= 15 is 0 Å². The van der Waals surface area contributed by atoms with E-state index in [0.717, 1.165) is 11.1 Å². The first-order chi connectivity index (χ1) is 15.8. The molecule has 0 spiro atoms. The predicted molar refractivity (Wildman–Crippen MR) is 117 cm³/mol. The van der Waals surface area contributed by atoms with Crippen molar-refractivity contribution in [1.29, 1.82) is 5.26 Å². The second kappa shape index (κ2) is 8.78. The SMILES string of the molecule is C[C@@H](NC(=O)C1(NC(=O)CC#N)CC1)c1ccc(-c2cccc(F)c2-c2nnn(C)n2)cc1. The van der Waals surface area contributed by atoms with E-state index in [1.807, 2.05) is 31.2 Å². The summed E-state index contributed by atoms with van der Waals surface area (Å²) in [6.07, 6.45) is 0.805. The van der Waals surface area contributed by atoms with Crippen LogP contribution in [0, 0.1) is 17.1 Å². The third-order valence-corrected chi connectivity index (χ3v) is 5.62. The Morgan fingerprint density at radius 2 is 1.97 bits per heavy atom. The Bertz CT molecular complexity index is 1240. The van der Waals surface area contributed by atoms with E-state index in [1.54, 1.807) is 25.2 Å². The average Bonchev–Trinajstić information content (AvgIpc) is 3.45. The number of halogens is 1. The number of carbonyl (C=O) groups excluding carboxylic acids is 2. The van der Waals surface area contributed by atoms with Crippen LogP contribution in [0.25, 0.3) is 22.5 Å². The average molecular weight is 447 g/mol. The van der Waals surface area contributed by atoms with Crippen LogP contribution in [0.4, 0.5) is 4.39 Å². The summed E-state index contributed by atoms with van der Waals surface area (Å²) in [4.78, 5) is 25.7. The lowest BCUT2D eigenvalue weighted by molar-refractivity contribution is -0.130. The summed E-state index contributed by atoms with van der Waals surface area (Å²) in [5.41, 5.74) is 1.58. The van der Waals surface area contributed by atoms with Gasteiger partial charge in [0.2, 0.25) is 17.6 Å². The van der Waals surface area contributed by atoms with Gasteiger partial charge < -0.3 is 10.6 Å². The first-order valence-electron chi connectivity index (χ1n) is 10.4. The highest BCUT2D eigenvalue weighted by atomic mass is 19.1. The number of benzene rings is 2. The van der Waals surface area contributed by atoms with Gasteiger partial charge in [0, 0.05) is 0 Å². The smallest absolute Gasteiger partial charge is 0.246 e. The molecule has 33 heavy (non-hydrogen) atoms. The summed E-state index contributed by atoms with van der Waals surface area (Å²) in [6.45, 7) is 1.84. The van der Waals surface area contributed by atoms with Gasteiger partial charge in [-0.2, -0.15) is 10.1 Å². The quantitative estimate of drug-likeness (QED) is 0.573. The largest absolute Gasteiger partial charge is 0.348 e. The number of hydrogen-bond donors (Lipinski definition) is 2. The minimum Gasteiger partial charge on any atom is -0.348 e. The third-order valence-electron chi connectivity index (χ3n) is 5.62. The van der Waals surface area contributed by atoms with Crippen LogP contribution in [0.3, 0.4) is 0 Å². The van der Waals surface area contributed by atoms with E-state index < -0.39 is 17.3 Å². The molecular weight excluding hydrogens is 425 g/mol. The molecule has 1 saturated carbocycles. The predicted octanol–water partition coefficient (Wildman–Crippen LogP) is 2.42. The van der Waals surface area contributed by atoms with Crippen molar-refractivity contribution in [2.45, 2.75) is 37.8 Å². The van der Waals surface area contributed by atoms with Crippen LogP contribution in [0.1, 0.15) is 37.8 Å². The van der Waals surface area contributed by atoms with E-state index in [0.29, 0.717) is 18.4 Å². The summed E-state index contributed by atoms with van der Waals surface area (Å²) in [7, 11) is 1.61. The Labute approximate surface area is 189 Å². The lowest BCUT2D eigenvalue weighted by atomic mass is 9.96. The molecule has 4 rings (SSSR count). The lowest BCUT2D eigenvalue weighted by Gasteiger charge is -2.21. The highest BCUT2D eigenvalue weighted by Gasteiger charge is 2.51. The molecule has 168 valence electrons. The third kappa shape index (κ3) is 4.57. The monoisotopic (exact) mass is 447 g/mol. The first-order valence-corrected chi connectivity index (χ1v) is 10.4. The van der Waals surface area contributed by atoms with Crippen molar-refractivity contribution in [3.63, 3.8) is 0 Å². The summed E-state index contributed by atoms with van der Waals surface area (Å²) >= 11 is 0. The fourth-order valence-electron chi connectivity index (χ4n) is 3.66. The number of nitriles is 1. The number of carbonyl (C=O) groups is 2. The van der Waals surface area contributed by atoms with Gasteiger partial charge in [-0.1, -0.05) is 36.4 Å². The molecule has 1 aliphatic rings. The van der Waals surface area contributed by atoms with Crippen LogP contribution < -0.4 is 10.6 Å². The number of nitrogens with zero attached hydrogens (tertiary/aromatic N) is 5. The molecule has 0 radical (unpaired) electrons. The standard InChI is InChI=1S/C23H22FN7O2/c1-14(26-22(33)23(11-12-23)27-19(32)10-13-25)15-6-8-16(9-7-15)17-4-3-5-18(24)20(17)21-28-30-31(2)29-21/h3-9,14H,10-12H2,1-2H3,(H,26,33)(H,27,32)/t14-/m1/s1. The van der Waals surface area contributed by atoms with Gasteiger partial charge in [0.15, 0.2) is 0 Å². The van der Waals surface area contributed by atoms with Crippen molar-refractivity contribution in [1.82, 2.24) is 30.8 Å². The fourth-order valence-corrected chi connectivity index (χ4v) is 3.66. The molecule has 0 saturated heterocycles. The summed E-state index contributed by atoms with van der Waals surface area (Å²) in [5, 5.41) is 26.1. The Hall–Kier alpha value is -4.13. The molecule has 1 aliphatic carbocycles. The van der Waals surface area contributed by atoms with Gasteiger partial charge >= 0.3 is 0 Å². The zero-order valence-electron chi connectivity index (χ0n) is 18.2. The summed E-state index contributed by atoms with van der Waals surface area (Å²) in [5.74, 6) is -0.973. The highest BCUT2D eigenvalue weighted by Crippen LogP contribution is 2.37. The maximum absolute atomic E-state index is 14.6. The molecule has 1 heterocycles. The van der Waals surface area contributed by atoms with Crippen LogP contribution in [-0.4, -0.2) is 37.6 Å². The number of nitrogens with one attached hydrogen (secondary N) is 2. The molecule has 0 bridgehead atoms. The molecule has 0 aliphatic heterocycles. The molecule has 9 nitrogen and oxygen atoms in total. The Balaban J connectivity index is 1.51. The molecule has 3 aromatic rings. The number of aryl methyl sites for hydroxylation is 1. The van der Waals surface area contributed by atoms with E-state index in [4.69, 9.17) is 5.26 Å². The summed E-state index contributed by atoms with van der Waals surface area (Å²) in [6, 6.07) is 13.6. The van der Waals surface area contributed by atoms with Gasteiger partial charge in [-0.25, -0.2) is 4.39 Å². The molecule has 1 fully saturated rings. The molecule has 1 atom stereocenters. The normalized spacial score (nSPS) is 14.7. The molecule has 2 N–H and O–H groups in total. The Morgan fingerprint density at radius 3 is 2.58 bits per heavy atom. The van der Waals surface area contributed by atoms with E-state index in [-0.39, 0.29) is 29.8 Å². The van der Waals surface area contributed by atoms with Crippen LogP contribution in [0.5, 0.6) is 0 Å². The van der Waals surface area contributed by atoms with E-state index in [9.17, 15) is 14.0 Å². The molecule has 0 unspecified atom stereocenters. The minimum atomic E-state index is -0.928. The van der Waals surface area contributed by atoms with Crippen molar-refractivity contribution in [2.75, 3.05) is 0 Å². The first kappa shape index (κ1) is 22.1. The van der Waals surface area contributed by atoms with Gasteiger partial charge in [-0.3, -0.25) is 9.59 Å². The number of hydrogen-bond acceptors (Lipinski definition) is 6. The zero-order valence-corrected chi connectivity index (χ0v) is 18.2. The second-order valence-corrected chi connectivity index (χ2v) is 8.05. The van der Waals surface area contributed by atoms with Crippen molar-refractivity contribution >= 4 is 11.8 Å². The maximum atomic E-state index is 14.6. The number of tetrazole rings is 1. The topological polar surface area (TPSA) is 126 Å². The van der Waals surface area contributed by atoms with Crippen molar-refractivity contribution in [3.8, 4) is 28.6 Å². The van der Waals surface area contributed by atoms with Gasteiger partial charge in [0.1, 0.15) is 17.8 Å². The maximum Gasteiger partial charge on any atom is 0.246 e. The second-order valence-electron chi connectivity index (χ2n) is 8.05. The molecule has 1 aromatic heterocycles. The van der Waals surface area contributed by atoms with Crippen LogP contribution in [-0.2, 0) is 16.6 Å². The highest BCUT2D eigenvalue weighted by molar-refractivity contribution is 5.94. The molecule has 10 heteroatoms. The van der Waals surface area contributed by atoms with Crippen molar-refractivity contribution in [2.24, 2.45) is 7.05 Å². The molecule has 2 amide bonds. The Morgan fingerprint density at radius 1 is 1.24 bits per heavy atom. The van der Waals surface area contributed by atoms with Gasteiger partial charge in [0.05, 0.1) is 24.7 Å². The fraction of sp³-hybridized carbons (Fsp3) is 0.304. The van der Waals surface area contributed by atoms with Gasteiger partial charge in [-0.15, -0.1) is 10.2 Å². The number of amides is 2. The van der Waals surface area contributed by atoms with Crippen LogP contribution >= 0.6 is 0 Å². The van der Waals surface area contributed by atoms with E-state index in [2.05, 4.69) is 26.0 Å². The lowest BCUT2D eigenvalue weighted by Crippen LogP contribution is -2.49. The summed E-state index contributed by atoms with van der Waals surface area (Å²) < 4.78 is 14.6. The van der Waals surface area contributed by atoms with E-state index in [1.165, 1.54) is 10.9 Å². The molecule has 2 aromatic carbocycles. The van der Waals surface area contributed by atoms with Gasteiger partial charge in [0.25, 0.3) is 0 Å². The van der Waals surface area contributed by atoms with Gasteiger partial charge in [-0.05, 0) is 47.7 Å². The number of rotatable bonds is 7. The van der Waals surface area contributed by atoms with Crippen LogP contribution in [0.2, 0.25) is 0 Å². The van der Waals surface area contributed by atoms with Crippen molar-refractivity contribution in [3.05, 3.63) is 53.8 Å². The molecular formula is C23H22FN7O2. The van der Waals surface area contributed by atoms with Crippen molar-refractivity contribution < 1.29 is 14.0 Å². The Kier molecular flexibility index (Phi) is 5.87.